The van der Waals surface area contributed by atoms with E-state index in [1.54, 1.807) is 0 Å². The Morgan fingerprint density at radius 2 is 2.06 bits per heavy atom. The molecular formula is C14H24NO+. The number of nitrogens with zero attached hydrogens (tertiary/aromatic N) is 1. The highest BCUT2D eigenvalue weighted by atomic mass is 16.5. The lowest BCUT2D eigenvalue weighted by molar-refractivity contribution is -0.0599. The fourth-order valence-electron chi connectivity index (χ4n) is 2.20. The molecule has 0 saturated heterocycles. The summed E-state index contributed by atoms with van der Waals surface area (Å²) in [6.45, 7) is 9.14. The molecule has 0 spiro atoms. The van der Waals surface area contributed by atoms with Crippen LogP contribution in [-0.2, 0) is 0 Å². The van der Waals surface area contributed by atoms with Crippen LogP contribution in [0.25, 0.3) is 0 Å². The molecule has 1 rings (SSSR count). The van der Waals surface area contributed by atoms with E-state index in [0.29, 0.717) is 17.9 Å². The van der Waals surface area contributed by atoms with Crippen molar-refractivity contribution < 1.29 is 4.74 Å². The Morgan fingerprint density at radius 1 is 1.38 bits per heavy atom. The fraction of sp³-hybridized carbons (Fsp3) is 0.571. The minimum absolute atomic E-state index is 0.411. The molecule has 0 aromatic rings. The Hall–Kier alpha value is -1.02. The molecule has 0 fully saturated rings. The third-order valence-electron chi connectivity index (χ3n) is 2.88. The molecule has 0 aromatic carbocycles. The summed E-state index contributed by atoms with van der Waals surface area (Å²) >= 11 is 0. The van der Waals surface area contributed by atoms with Crippen molar-refractivity contribution in [3.05, 3.63) is 37.1 Å². The first-order chi connectivity index (χ1) is 7.69. The van der Waals surface area contributed by atoms with E-state index in [-0.39, 0.29) is 0 Å². The van der Waals surface area contributed by atoms with Crippen molar-refractivity contribution >= 4 is 0 Å². The molecule has 0 bridgehead atoms. The van der Waals surface area contributed by atoms with Crippen molar-refractivity contribution in [2.24, 2.45) is 11.8 Å². The zero-order valence-electron chi connectivity index (χ0n) is 10.6. The third kappa shape index (κ3) is 3.53. The monoisotopic (exact) mass is 222 g/mol. The van der Waals surface area contributed by atoms with Crippen molar-refractivity contribution in [3.8, 4) is 0 Å². The summed E-state index contributed by atoms with van der Waals surface area (Å²) in [7, 11) is 1.84. The number of hydrogen-bond acceptors (Lipinski definition) is 1. The molecule has 90 valence electrons. The molecule has 1 N–H and O–H groups in total. The van der Waals surface area contributed by atoms with Gasteiger partial charge in [0.1, 0.15) is 7.11 Å². The molecular weight excluding hydrogens is 198 g/mol. The molecule has 0 heterocycles. The molecule has 0 aromatic heterocycles. The summed E-state index contributed by atoms with van der Waals surface area (Å²) < 4.78 is 4.19. The van der Waals surface area contributed by atoms with Crippen LogP contribution < -0.4 is 0 Å². The van der Waals surface area contributed by atoms with E-state index in [0.717, 1.165) is 6.73 Å². The first-order valence-electron chi connectivity index (χ1n) is 5.98. The summed E-state index contributed by atoms with van der Waals surface area (Å²) in [5.41, 5.74) is 0. The number of hydrogen-bond donors (Lipinski definition) is 0. The van der Waals surface area contributed by atoms with Crippen LogP contribution in [0.1, 0.15) is 20.3 Å². The number of ether oxygens (including phenoxy) is 1. The van der Waals surface area contributed by atoms with Gasteiger partial charge in [0.25, 0.3) is 0 Å². The quantitative estimate of drug-likeness (QED) is 0.498. The Labute approximate surface area is 99.3 Å². The average molecular weight is 222 g/mol. The topological polar surface area (TPSA) is 16.0 Å². The summed E-state index contributed by atoms with van der Waals surface area (Å²) in [6, 6.07) is 0.411. The van der Waals surface area contributed by atoms with Crippen LogP contribution in [-0.4, -0.2) is 29.5 Å². The van der Waals surface area contributed by atoms with Crippen LogP contribution in [0.5, 0.6) is 0 Å². The lowest BCUT2D eigenvalue weighted by Crippen LogP contribution is -2.38. The van der Waals surface area contributed by atoms with Crippen LogP contribution in [0.2, 0.25) is 0 Å². The predicted octanol–water partition coefficient (Wildman–Crippen LogP) is 2.70. The first kappa shape index (κ1) is 13.0. The van der Waals surface area contributed by atoms with E-state index in [2.05, 4.69) is 54.4 Å². The summed E-state index contributed by atoms with van der Waals surface area (Å²) in [5, 5.41) is 0. The standard InChI is InChI=1S/C14H23NO/c1-5-15(11-16-4)14-9-7-6-8-13(14)10-12(2)3/h5-9,12-14H,1,10-11H2,2-4H3/p+1. The minimum atomic E-state index is 0.411. The van der Waals surface area contributed by atoms with E-state index in [4.69, 9.17) is 0 Å². The van der Waals surface area contributed by atoms with Gasteiger partial charge in [-0.2, -0.15) is 0 Å². The van der Waals surface area contributed by atoms with E-state index in [9.17, 15) is 0 Å². The number of rotatable bonds is 6. The van der Waals surface area contributed by atoms with Gasteiger partial charge >= 0.3 is 0 Å². The highest BCUT2D eigenvalue weighted by molar-refractivity contribution is 5.18. The molecule has 0 saturated carbocycles. The lowest BCUT2D eigenvalue weighted by atomic mass is 9.87. The predicted molar refractivity (Wildman–Crippen MR) is 70.1 cm³/mol. The SMILES string of the molecule is C=CN(C[OH+]C)C1C=CC=CC1CC(C)C. The Bertz CT molecular complexity index is 268. The van der Waals surface area contributed by atoms with Gasteiger partial charge in [-0.05, 0) is 18.5 Å². The maximum Gasteiger partial charge on any atom is 0.224 e. The zero-order valence-corrected chi connectivity index (χ0v) is 10.6. The van der Waals surface area contributed by atoms with Crippen molar-refractivity contribution in [2.45, 2.75) is 26.3 Å². The fourth-order valence-corrected chi connectivity index (χ4v) is 2.20. The summed E-state index contributed by atoms with van der Waals surface area (Å²) in [6.07, 6.45) is 11.9. The van der Waals surface area contributed by atoms with E-state index >= 15 is 0 Å². The second-order valence-electron chi connectivity index (χ2n) is 4.71. The lowest BCUT2D eigenvalue weighted by Gasteiger charge is -2.33. The van der Waals surface area contributed by atoms with Crippen LogP contribution in [0.15, 0.2) is 37.1 Å². The number of aliphatic hydroxyl groups is 2. The molecule has 0 aliphatic heterocycles. The Balaban J connectivity index is 2.70. The van der Waals surface area contributed by atoms with Crippen molar-refractivity contribution in [2.75, 3.05) is 13.8 Å². The van der Waals surface area contributed by atoms with Crippen LogP contribution >= 0.6 is 0 Å². The Kier molecular flexibility index (Phi) is 5.33. The van der Waals surface area contributed by atoms with Gasteiger partial charge in [-0.3, -0.25) is 0 Å². The van der Waals surface area contributed by atoms with Gasteiger partial charge in [-0.25, -0.2) is 0 Å². The molecule has 2 unspecified atom stereocenters. The van der Waals surface area contributed by atoms with Gasteiger partial charge in [0.2, 0.25) is 6.73 Å². The molecule has 0 radical (unpaired) electrons. The molecule has 0 amide bonds. The normalized spacial score (nSPS) is 23.8. The minimum Gasteiger partial charge on any atom is -0.420 e. The second-order valence-corrected chi connectivity index (χ2v) is 4.71. The number of allylic oxidation sites excluding steroid dienone is 2. The average Bonchev–Trinajstić information content (AvgIpc) is 2.26. The molecule has 2 heteroatoms. The van der Waals surface area contributed by atoms with Gasteiger partial charge in [-0.1, -0.05) is 44.7 Å². The summed E-state index contributed by atoms with van der Waals surface area (Å²) in [5.74, 6) is 1.29. The van der Waals surface area contributed by atoms with Gasteiger partial charge in [-0.15, -0.1) is 0 Å². The smallest absolute Gasteiger partial charge is 0.224 e. The zero-order chi connectivity index (χ0) is 12.0. The largest absolute Gasteiger partial charge is 0.420 e. The van der Waals surface area contributed by atoms with Gasteiger partial charge in [0.15, 0.2) is 0 Å². The Morgan fingerprint density at radius 3 is 2.62 bits per heavy atom. The van der Waals surface area contributed by atoms with Gasteiger partial charge in [0, 0.05) is 5.92 Å². The van der Waals surface area contributed by atoms with E-state index < -0.39 is 0 Å². The van der Waals surface area contributed by atoms with Crippen molar-refractivity contribution in [3.63, 3.8) is 0 Å². The molecule has 16 heavy (non-hydrogen) atoms. The third-order valence-corrected chi connectivity index (χ3v) is 2.88. The van der Waals surface area contributed by atoms with Crippen molar-refractivity contribution in [1.29, 1.82) is 0 Å². The highest BCUT2D eigenvalue weighted by Gasteiger charge is 2.24. The molecule has 1 aliphatic carbocycles. The van der Waals surface area contributed by atoms with Crippen LogP contribution in [0.4, 0.5) is 0 Å². The second kappa shape index (κ2) is 6.54. The maximum absolute atomic E-state index is 4.19. The van der Waals surface area contributed by atoms with Gasteiger partial charge < -0.3 is 9.64 Å². The highest BCUT2D eigenvalue weighted by Crippen LogP contribution is 2.25. The summed E-state index contributed by atoms with van der Waals surface area (Å²) in [4.78, 5) is 2.20. The van der Waals surface area contributed by atoms with E-state index in [1.807, 2.05) is 13.3 Å². The first-order valence-corrected chi connectivity index (χ1v) is 5.98. The maximum atomic E-state index is 4.19. The van der Waals surface area contributed by atoms with Crippen LogP contribution in [0, 0.1) is 11.8 Å². The van der Waals surface area contributed by atoms with E-state index in [1.165, 1.54) is 6.42 Å². The van der Waals surface area contributed by atoms with Crippen molar-refractivity contribution in [1.82, 2.24) is 4.90 Å². The molecule has 1 aliphatic rings. The van der Waals surface area contributed by atoms with Crippen LogP contribution in [0.3, 0.4) is 0 Å². The van der Waals surface area contributed by atoms with Gasteiger partial charge in [0.05, 0.1) is 6.04 Å². The molecule has 2 nitrogen and oxygen atoms in total. The molecule has 2 atom stereocenters.